The first-order chi connectivity index (χ1) is 14.4. The normalized spacial score (nSPS) is 17.8. The molecule has 1 N–H and O–H groups in total. The zero-order valence-corrected chi connectivity index (χ0v) is 16.0. The van der Waals surface area contributed by atoms with Crippen LogP contribution in [0.25, 0.3) is 10.8 Å². The molecular weight excluding hydrogens is 391 g/mol. The highest BCUT2D eigenvalue weighted by Crippen LogP contribution is 2.32. The molecule has 0 unspecified atom stereocenters. The van der Waals surface area contributed by atoms with Crippen LogP contribution in [-0.4, -0.2) is 31.8 Å². The van der Waals surface area contributed by atoms with Gasteiger partial charge in [-0.25, -0.2) is 19.0 Å². The summed E-state index contributed by atoms with van der Waals surface area (Å²) >= 11 is 0. The second-order valence-corrected chi connectivity index (χ2v) is 7.13. The number of aryl methyl sites for hydroxylation is 1. The number of rotatable bonds is 5. The van der Waals surface area contributed by atoms with Crippen LogP contribution in [-0.2, 0) is 11.3 Å². The first-order valence-electron chi connectivity index (χ1n) is 9.28. The number of amides is 1. The lowest BCUT2D eigenvalue weighted by Crippen LogP contribution is -2.35. The molecule has 0 saturated heterocycles. The molecule has 1 amide bonds. The van der Waals surface area contributed by atoms with E-state index in [4.69, 9.17) is 10.00 Å². The molecule has 0 aliphatic heterocycles. The van der Waals surface area contributed by atoms with Crippen molar-refractivity contribution in [2.24, 2.45) is 5.92 Å². The lowest BCUT2D eigenvalue weighted by molar-refractivity contribution is -0.117. The summed E-state index contributed by atoms with van der Waals surface area (Å²) in [7, 11) is 0. The number of carbonyl (C=O) groups excluding carboxylic acids is 1. The predicted octanol–water partition coefficient (Wildman–Crippen LogP) is 1.95. The Bertz CT molecular complexity index is 1210. The van der Waals surface area contributed by atoms with Gasteiger partial charge in [-0.15, -0.1) is 5.10 Å². The van der Waals surface area contributed by atoms with Crippen molar-refractivity contribution in [1.29, 1.82) is 5.26 Å². The van der Waals surface area contributed by atoms with Crippen molar-refractivity contribution in [3.63, 3.8) is 0 Å². The average molecular weight is 408 g/mol. The molecule has 10 heteroatoms. The van der Waals surface area contributed by atoms with Gasteiger partial charge in [0.2, 0.25) is 17.7 Å². The van der Waals surface area contributed by atoms with Crippen LogP contribution in [0.1, 0.15) is 18.4 Å². The van der Waals surface area contributed by atoms with Crippen LogP contribution in [0.2, 0.25) is 0 Å². The molecule has 9 nitrogen and oxygen atoms in total. The van der Waals surface area contributed by atoms with Crippen molar-refractivity contribution in [3.8, 4) is 11.9 Å². The number of anilines is 1. The van der Waals surface area contributed by atoms with Crippen LogP contribution < -0.4 is 15.6 Å². The van der Waals surface area contributed by atoms with Gasteiger partial charge in [0.25, 0.3) is 5.56 Å². The van der Waals surface area contributed by atoms with E-state index >= 15 is 0 Å². The van der Waals surface area contributed by atoms with Crippen LogP contribution in [0.3, 0.4) is 0 Å². The molecular formula is C20H17FN6O3. The van der Waals surface area contributed by atoms with Crippen molar-refractivity contribution in [2.45, 2.75) is 32.4 Å². The maximum atomic E-state index is 12.9. The minimum atomic E-state index is -0.632. The molecule has 4 rings (SSSR count). The van der Waals surface area contributed by atoms with Crippen molar-refractivity contribution >= 4 is 22.6 Å². The molecule has 1 aliphatic rings. The summed E-state index contributed by atoms with van der Waals surface area (Å²) in [5.74, 6) is -1.12. The SMILES string of the molecule is Cc1ccc2c(=O)n(CC(=O)Nc3ncc(F)cn3)nc(OC3CC(C#N)C3)c2c1. The maximum absolute atomic E-state index is 12.9. The zero-order valence-electron chi connectivity index (χ0n) is 16.0. The van der Waals surface area contributed by atoms with Crippen LogP contribution in [0, 0.1) is 30.0 Å². The van der Waals surface area contributed by atoms with E-state index in [9.17, 15) is 14.0 Å². The van der Waals surface area contributed by atoms with Crippen LogP contribution in [0.4, 0.5) is 10.3 Å². The minimum Gasteiger partial charge on any atom is -0.473 e. The van der Waals surface area contributed by atoms with E-state index in [1.54, 1.807) is 18.2 Å². The van der Waals surface area contributed by atoms with Gasteiger partial charge in [-0.1, -0.05) is 11.6 Å². The van der Waals surface area contributed by atoms with E-state index in [-0.39, 0.29) is 23.9 Å². The van der Waals surface area contributed by atoms with Crippen LogP contribution in [0.5, 0.6) is 5.88 Å². The third kappa shape index (κ3) is 3.96. The quantitative estimate of drug-likeness (QED) is 0.684. The Morgan fingerprint density at radius 1 is 1.33 bits per heavy atom. The van der Waals surface area contributed by atoms with E-state index in [1.165, 1.54) is 0 Å². The van der Waals surface area contributed by atoms with Crippen LogP contribution >= 0.6 is 0 Å². The Labute approximate surface area is 170 Å². The molecule has 30 heavy (non-hydrogen) atoms. The van der Waals surface area contributed by atoms with Gasteiger partial charge in [-0.3, -0.25) is 14.9 Å². The fourth-order valence-electron chi connectivity index (χ4n) is 3.17. The highest BCUT2D eigenvalue weighted by Gasteiger charge is 2.32. The Hall–Kier alpha value is -3.87. The molecule has 0 atom stereocenters. The lowest BCUT2D eigenvalue weighted by atomic mass is 9.83. The number of nitriles is 1. The van der Waals surface area contributed by atoms with Gasteiger partial charge in [0.15, 0.2) is 5.82 Å². The molecule has 1 fully saturated rings. The fraction of sp³-hybridized carbons (Fsp3) is 0.300. The van der Waals surface area contributed by atoms with Crippen molar-refractivity contribution in [1.82, 2.24) is 19.7 Å². The summed E-state index contributed by atoms with van der Waals surface area (Å²) in [6.45, 7) is 1.49. The third-order valence-electron chi connectivity index (χ3n) is 4.80. The number of hydrogen-bond donors (Lipinski definition) is 1. The minimum absolute atomic E-state index is 0.0459. The summed E-state index contributed by atoms with van der Waals surface area (Å²) in [6.07, 6.45) is 2.85. The molecule has 1 saturated carbocycles. The number of nitrogens with zero attached hydrogens (tertiary/aromatic N) is 5. The number of halogens is 1. The van der Waals surface area contributed by atoms with Crippen LogP contribution in [0.15, 0.2) is 35.4 Å². The lowest BCUT2D eigenvalue weighted by Gasteiger charge is -2.30. The molecule has 2 aromatic heterocycles. The number of ether oxygens (including phenoxy) is 1. The second-order valence-electron chi connectivity index (χ2n) is 7.13. The molecule has 0 bridgehead atoms. The summed E-state index contributed by atoms with van der Waals surface area (Å²) in [5, 5.41) is 16.5. The molecule has 2 heterocycles. The number of hydrogen-bond acceptors (Lipinski definition) is 7. The number of aromatic nitrogens is 4. The van der Waals surface area contributed by atoms with Gasteiger partial charge < -0.3 is 4.74 Å². The predicted molar refractivity (Wildman–Crippen MR) is 104 cm³/mol. The maximum Gasteiger partial charge on any atom is 0.275 e. The Balaban J connectivity index is 1.62. The molecule has 152 valence electrons. The molecule has 1 aromatic carbocycles. The van der Waals surface area contributed by atoms with Crippen molar-refractivity contribution in [3.05, 3.63) is 52.3 Å². The van der Waals surface area contributed by atoms with E-state index in [0.717, 1.165) is 22.6 Å². The Kier molecular flexibility index (Phi) is 5.10. The summed E-state index contributed by atoms with van der Waals surface area (Å²) in [5.41, 5.74) is 0.483. The van der Waals surface area contributed by atoms with Crippen molar-refractivity contribution in [2.75, 3.05) is 5.32 Å². The Morgan fingerprint density at radius 2 is 2.07 bits per heavy atom. The standard InChI is InChI=1S/C20H17FN6O3/c1-11-2-3-15-16(4-11)18(30-14-5-12(6-14)7-22)26-27(19(15)29)10-17(28)25-20-23-8-13(21)9-24-20/h2-4,8-9,12,14H,5-6,10H2,1H3,(H,23,24,25,28). The number of carbonyl (C=O) groups is 1. The number of nitrogens with one attached hydrogen (secondary N) is 1. The van der Waals surface area contributed by atoms with Gasteiger partial charge in [0.05, 0.1) is 35.2 Å². The number of benzene rings is 1. The smallest absolute Gasteiger partial charge is 0.275 e. The molecule has 0 radical (unpaired) electrons. The molecule has 3 aromatic rings. The van der Waals surface area contributed by atoms with E-state index in [0.29, 0.717) is 23.6 Å². The van der Waals surface area contributed by atoms with Crippen molar-refractivity contribution < 1.29 is 13.9 Å². The Morgan fingerprint density at radius 3 is 2.77 bits per heavy atom. The van der Waals surface area contributed by atoms with E-state index in [1.807, 2.05) is 6.92 Å². The largest absolute Gasteiger partial charge is 0.473 e. The van der Waals surface area contributed by atoms with Gasteiger partial charge in [-0.05, 0) is 19.1 Å². The number of fused-ring (bicyclic) bond motifs is 1. The zero-order chi connectivity index (χ0) is 21.3. The first kappa shape index (κ1) is 19.4. The van der Waals surface area contributed by atoms with Gasteiger partial charge >= 0.3 is 0 Å². The topological polar surface area (TPSA) is 123 Å². The van der Waals surface area contributed by atoms with E-state index < -0.39 is 23.8 Å². The fourth-order valence-corrected chi connectivity index (χ4v) is 3.17. The average Bonchev–Trinajstić information content (AvgIpc) is 2.69. The monoisotopic (exact) mass is 408 g/mol. The summed E-state index contributed by atoms with van der Waals surface area (Å²) in [6, 6.07) is 7.45. The van der Waals surface area contributed by atoms with E-state index in [2.05, 4.69) is 26.5 Å². The van der Waals surface area contributed by atoms with Gasteiger partial charge in [0.1, 0.15) is 12.6 Å². The molecule has 0 spiro atoms. The highest BCUT2D eigenvalue weighted by molar-refractivity contribution is 5.90. The second kappa shape index (κ2) is 7.87. The molecule has 1 aliphatic carbocycles. The summed E-state index contributed by atoms with van der Waals surface area (Å²) < 4.78 is 19.9. The summed E-state index contributed by atoms with van der Waals surface area (Å²) in [4.78, 5) is 32.5. The third-order valence-corrected chi connectivity index (χ3v) is 4.80. The van der Waals surface area contributed by atoms with Gasteiger partial charge in [0, 0.05) is 12.8 Å². The first-order valence-corrected chi connectivity index (χ1v) is 9.28. The van der Waals surface area contributed by atoms with Gasteiger partial charge in [-0.2, -0.15) is 5.26 Å². The highest BCUT2D eigenvalue weighted by atomic mass is 19.1.